The number of hydrogen-bond acceptors (Lipinski definition) is 3. The number of thiophene rings is 1. The summed E-state index contributed by atoms with van der Waals surface area (Å²) in [5.74, 6) is -0.798. The first-order chi connectivity index (χ1) is 15.3. The van der Waals surface area contributed by atoms with Crippen molar-refractivity contribution in [2.75, 3.05) is 6.61 Å². The second-order valence-electron chi connectivity index (χ2n) is 9.02. The summed E-state index contributed by atoms with van der Waals surface area (Å²) < 4.78 is 45.7. The number of carbonyl (C=O) groups is 1. The van der Waals surface area contributed by atoms with E-state index in [4.69, 9.17) is 9.84 Å². The quantitative estimate of drug-likeness (QED) is 0.368. The van der Waals surface area contributed by atoms with Gasteiger partial charge in [-0.15, -0.1) is 11.3 Å². The van der Waals surface area contributed by atoms with Crippen LogP contribution in [0.1, 0.15) is 50.6 Å². The van der Waals surface area contributed by atoms with Gasteiger partial charge in [0, 0.05) is 32.2 Å². The van der Waals surface area contributed by atoms with Crippen molar-refractivity contribution >= 4 is 33.0 Å². The second kappa shape index (κ2) is 9.21. The third kappa shape index (κ3) is 5.77. The summed E-state index contributed by atoms with van der Waals surface area (Å²) in [6, 6.07) is 11.4. The highest BCUT2D eigenvalue weighted by atomic mass is 32.1. The fourth-order valence-electron chi connectivity index (χ4n) is 3.71. The highest BCUT2D eigenvalue weighted by molar-refractivity contribution is 7.20. The third-order valence-corrected chi connectivity index (χ3v) is 6.56. The van der Waals surface area contributed by atoms with Gasteiger partial charge in [-0.05, 0) is 53.7 Å². The number of benzene rings is 2. The molecular weight excluding hydrogens is 449 g/mol. The van der Waals surface area contributed by atoms with Gasteiger partial charge in [0.2, 0.25) is 0 Å². The van der Waals surface area contributed by atoms with E-state index in [1.807, 2.05) is 64.1 Å². The molecule has 1 N–H and O–H groups in total. The molecule has 0 saturated carbocycles. The Labute approximate surface area is 195 Å². The van der Waals surface area contributed by atoms with Crippen LogP contribution in [0, 0.1) is 0 Å². The van der Waals surface area contributed by atoms with Gasteiger partial charge >= 0.3 is 12.1 Å². The lowest BCUT2D eigenvalue weighted by Gasteiger charge is -2.27. The zero-order chi connectivity index (χ0) is 24.6. The van der Waals surface area contributed by atoms with E-state index in [1.54, 1.807) is 6.92 Å². The Balaban J connectivity index is 2.30. The number of allylic oxidation sites excluding steroid dienone is 1. The summed E-state index contributed by atoms with van der Waals surface area (Å²) in [5, 5.41) is 9.95. The Morgan fingerprint density at radius 1 is 1.12 bits per heavy atom. The fraction of sp³-hybridized carbons (Fsp3) is 0.346. The Morgan fingerprint density at radius 3 is 2.39 bits per heavy atom. The molecule has 176 valence electrons. The molecule has 0 saturated heterocycles. The van der Waals surface area contributed by atoms with Gasteiger partial charge in [0.15, 0.2) is 6.61 Å². The number of alkyl halides is 3. The molecule has 2 aromatic carbocycles. The lowest BCUT2D eigenvalue weighted by atomic mass is 9.82. The summed E-state index contributed by atoms with van der Waals surface area (Å²) in [5.41, 5.74) is 3.27. The fourth-order valence-corrected chi connectivity index (χ4v) is 4.76. The normalized spacial score (nSPS) is 12.9. The summed E-state index contributed by atoms with van der Waals surface area (Å²) in [4.78, 5) is 11.9. The molecule has 1 heterocycles. The van der Waals surface area contributed by atoms with Gasteiger partial charge < -0.3 is 9.84 Å². The number of rotatable bonds is 6. The molecule has 0 bridgehead atoms. The van der Waals surface area contributed by atoms with E-state index in [9.17, 15) is 18.0 Å². The van der Waals surface area contributed by atoms with Gasteiger partial charge in [-0.1, -0.05) is 45.9 Å². The maximum atomic E-state index is 13.1. The minimum atomic E-state index is -4.46. The predicted molar refractivity (Wildman–Crippen MR) is 128 cm³/mol. The van der Waals surface area contributed by atoms with Gasteiger partial charge in [0.25, 0.3) is 0 Å². The van der Waals surface area contributed by atoms with Crippen molar-refractivity contribution in [2.24, 2.45) is 0 Å². The summed E-state index contributed by atoms with van der Waals surface area (Å²) in [7, 11) is 0. The lowest BCUT2D eigenvalue weighted by Crippen LogP contribution is -2.22. The zero-order valence-corrected chi connectivity index (χ0v) is 20.1. The average Bonchev–Trinajstić information content (AvgIpc) is 3.14. The zero-order valence-electron chi connectivity index (χ0n) is 19.3. The Morgan fingerprint density at radius 2 is 1.82 bits per heavy atom. The molecular formula is C26H27F3O3S. The van der Waals surface area contributed by atoms with Gasteiger partial charge in [0.05, 0.1) is 0 Å². The predicted octanol–water partition coefficient (Wildman–Crippen LogP) is 7.86. The number of carboxylic acid groups (broad SMARTS) is 1. The number of fused-ring (bicyclic) bond motifs is 1. The van der Waals surface area contributed by atoms with Crippen molar-refractivity contribution in [3.05, 3.63) is 58.5 Å². The summed E-state index contributed by atoms with van der Waals surface area (Å²) in [6.45, 7) is 8.22. The molecule has 3 aromatic rings. The van der Waals surface area contributed by atoms with Crippen molar-refractivity contribution < 1.29 is 27.8 Å². The third-order valence-electron chi connectivity index (χ3n) is 5.33. The molecule has 0 aliphatic heterocycles. The molecule has 0 unspecified atom stereocenters. The van der Waals surface area contributed by atoms with Crippen LogP contribution in [-0.4, -0.2) is 23.9 Å². The molecule has 7 heteroatoms. The molecule has 0 aliphatic rings. The number of halogens is 3. The SMILES string of the molecule is CCc1cc(-c2cccc3sc(C(C)=CC(=O)O)cc23)c(OCC(F)(F)F)c(C(C)(C)C)c1. The van der Waals surface area contributed by atoms with Crippen molar-refractivity contribution in [2.45, 2.75) is 52.6 Å². The number of carboxylic acids is 1. The molecule has 0 radical (unpaired) electrons. The van der Waals surface area contributed by atoms with Gasteiger partial charge in [-0.2, -0.15) is 13.2 Å². The molecule has 1 aromatic heterocycles. The highest BCUT2D eigenvalue weighted by Gasteiger charge is 2.31. The number of ether oxygens (including phenoxy) is 1. The van der Waals surface area contributed by atoms with E-state index in [0.29, 0.717) is 11.1 Å². The first kappa shape index (κ1) is 24.8. The topological polar surface area (TPSA) is 46.5 Å². The minimum Gasteiger partial charge on any atom is -0.483 e. The van der Waals surface area contributed by atoms with Crippen LogP contribution in [0.25, 0.3) is 26.8 Å². The Bertz CT molecular complexity index is 1210. The van der Waals surface area contributed by atoms with Crippen LogP contribution >= 0.6 is 11.3 Å². The largest absolute Gasteiger partial charge is 0.483 e. The smallest absolute Gasteiger partial charge is 0.422 e. The van der Waals surface area contributed by atoms with E-state index < -0.39 is 24.2 Å². The van der Waals surface area contributed by atoms with E-state index in [1.165, 1.54) is 11.3 Å². The van der Waals surface area contributed by atoms with Crippen molar-refractivity contribution in [3.63, 3.8) is 0 Å². The standard InChI is InChI=1S/C26H27F3O3S/c1-6-16-11-19(24(32-14-26(27,28)29)20(12-16)25(3,4)5)17-8-7-9-21-18(17)13-22(33-21)15(2)10-23(30)31/h7-13H,6,14H2,1-5H3,(H,30,31). The Kier molecular flexibility index (Phi) is 6.93. The maximum absolute atomic E-state index is 13.1. The van der Waals surface area contributed by atoms with Gasteiger partial charge in [-0.25, -0.2) is 4.79 Å². The van der Waals surface area contributed by atoms with Crippen LogP contribution in [0.2, 0.25) is 0 Å². The highest BCUT2D eigenvalue weighted by Crippen LogP contribution is 2.45. The number of hydrogen-bond donors (Lipinski definition) is 1. The van der Waals surface area contributed by atoms with E-state index in [-0.39, 0.29) is 5.75 Å². The molecule has 3 nitrogen and oxygen atoms in total. The molecule has 0 aliphatic carbocycles. The minimum absolute atomic E-state index is 0.232. The molecule has 0 atom stereocenters. The molecule has 0 spiro atoms. The summed E-state index contributed by atoms with van der Waals surface area (Å²) in [6.07, 6.45) is -2.59. The van der Waals surface area contributed by atoms with Crippen LogP contribution in [-0.2, 0) is 16.6 Å². The molecule has 0 fully saturated rings. The van der Waals surface area contributed by atoms with E-state index in [2.05, 4.69) is 0 Å². The monoisotopic (exact) mass is 476 g/mol. The number of aliphatic carboxylic acids is 1. The maximum Gasteiger partial charge on any atom is 0.422 e. The van der Waals surface area contributed by atoms with Crippen LogP contribution in [0.4, 0.5) is 13.2 Å². The summed E-state index contributed by atoms with van der Waals surface area (Å²) >= 11 is 1.45. The van der Waals surface area contributed by atoms with Gasteiger partial charge in [0.1, 0.15) is 5.75 Å². The van der Waals surface area contributed by atoms with E-state index >= 15 is 0 Å². The molecule has 0 amide bonds. The van der Waals surface area contributed by atoms with Crippen LogP contribution in [0.5, 0.6) is 5.75 Å². The lowest BCUT2D eigenvalue weighted by molar-refractivity contribution is -0.153. The molecule has 33 heavy (non-hydrogen) atoms. The average molecular weight is 477 g/mol. The van der Waals surface area contributed by atoms with Gasteiger partial charge in [-0.3, -0.25) is 0 Å². The first-order valence-electron chi connectivity index (χ1n) is 10.6. The van der Waals surface area contributed by atoms with E-state index in [0.717, 1.165) is 44.2 Å². The number of aryl methyl sites for hydroxylation is 1. The van der Waals surface area contributed by atoms with Crippen molar-refractivity contribution in [3.8, 4) is 16.9 Å². The Hall–Kier alpha value is -2.80. The van der Waals surface area contributed by atoms with Crippen LogP contribution < -0.4 is 4.74 Å². The van der Waals surface area contributed by atoms with Crippen molar-refractivity contribution in [1.82, 2.24) is 0 Å². The van der Waals surface area contributed by atoms with Crippen LogP contribution in [0.3, 0.4) is 0 Å². The van der Waals surface area contributed by atoms with Crippen LogP contribution in [0.15, 0.2) is 42.5 Å². The molecule has 3 rings (SSSR count). The first-order valence-corrected chi connectivity index (χ1v) is 11.4. The second-order valence-corrected chi connectivity index (χ2v) is 10.1. The van der Waals surface area contributed by atoms with Crippen molar-refractivity contribution in [1.29, 1.82) is 0 Å².